The van der Waals surface area contributed by atoms with Gasteiger partial charge in [0.1, 0.15) is 17.1 Å². The summed E-state index contributed by atoms with van der Waals surface area (Å²) in [4.78, 5) is 41.9. The van der Waals surface area contributed by atoms with Crippen molar-refractivity contribution in [2.24, 2.45) is 0 Å². The van der Waals surface area contributed by atoms with Crippen LogP contribution in [-0.4, -0.2) is 23.8 Å². The average Bonchev–Trinajstić information content (AvgIpc) is 2.86. The van der Waals surface area contributed by atoms with E-state index in [0.717, 1.165) is 11.0 Å². The molecule has 2 aromatic carbocycles. The Labute approximate surface area is 140 Å². The first-order chi connectivity index (χ1) is 12.0. The van der Waals surface area contributed by atoms with Crippen LogP contribution in [-0.2, 0) is 0 Å². The summed E-state index contributed by atoms with van der Waals surface area (Å²) < 4.78 is 13.8. The summed E-state index contributed by atoms with van der Waals surface area (Å²) >= 11 is 0. The van der Waals surface area contributed by atoms with E-state index in [1.165, 1.54) is 6.07 Å². The smallest absolute Gasteiger partial charge is 0.282 e. The number of aromatic nitrogens is 1. The van der Waals surface area contributed by atoms with E-state index >= 15 is 0 Å². The molecule has 0 spiro atoms. The van der Waals surface area contributed by atoms with Crippen LogP contribution in [0.3, 0.4) is 0 Å². The fourth-order valence-electron chi connectivity index (χ4n) is 3.05. The van der Waals surface area contributed by atoms with Crippen molar-refractivity contribution in [3.05, 3.63) is 69.8 Å². The molecule has 6 nitrogen and oxygen atoms in total. The van der Waals surface area contributed by atoms with Crippen LogP contribution in [0, 0.1) is 5.82 Å². The number of fused-ring (bicyclic) bond motifs is 2. The molecule has 0 fully saturated rings. The summed E-state index contributed by atoms with van der Waals surface area (Å²) in [6.45, 7) is 0. The summed E-state index contributed by atoms with van der Waals surface area (Å²) in [5, 5.41) is 2.79. The second-order valence-electron chi connectivity index (χ2n) is 5.61. The molecule has 2 heterocycles. The van der Waals surface area contributed by atoms with Crippen LogP contribution in [0.5, 0.6) is 0 Å². The van der Waals surface area contributed by atoms with Gasteiger partial charge in [-0.05, 0) is 24.3 Å². The highest BCUT2D eigenvalue weighted by molar-refractivity contribution is 6.34. The number of anilines is 2. The highest BCUT2D eigenvalue weighted by atomic mass is 19.1. The third-order valence-electron chi connectivity index (χ3n) is 4.19. The van der Waals surface area contributed by atoms with Crippen molar-refractivity contribution in [2.45, 2.75) is 0 Å². The molecule has 0 saturated carbocycles. The maximum Gasteiger partial charge on any atom is 0.282 e. The van der Waals surface area contributed by atoms with E-state index in [1.54, 1.807) is 37.4 Å². The Morgan fingerprint density at radius 2 is 1.76 bits per heavy atom. The Morgan fingerprint density at radius 1 is 1.04 bits per heavy atom. The molecule has 0 aliphatic carbocycles. The number of carbonyl (C=O) groups is 2. The molecule has 0 unspecified atom stereocenters. The average molecular weight is 337 g/mol. The molecule has 1 aliphatic heterocycles. The van der Waals surface area contributed by atoms with Crippen molar-refractivity contribution in [2.75, 3.05) is 17.3 Å². The fraction of sp³-hybridized carbons (Fsp3) is 0.0556. The maximum absolute atomic E-state index is 13.8. The van der Waals surface area contributed by atoms with Gasteiger partial charge in [-0.15, -0.1) is 0 Å². The second kappa shape index (κ2) is 5.27. The summed E-state index contributed by atoms with van der Waals surface area (Å²) in [6.07, 6.45) is 0. The van der Waals surface area contributed by atoms with Crippen molar-refractivity contribution in [3.63, 3.8) is 0 Å². The lowest BCUT2D eigenvalue weighted by Crippen LogP contribution is -2.30. The zero-order valence-corrected chi connectivity index (χ0v) is 13.1. The molecule has 3 aromatic rings. The van der Waals surface area contributed by atoms with Gasteiger partial charge in [0.2, 0.25) is 5.43 Å². The molecule has 0 atom stereocenters. The van der Waals surface area contributed by atoms with E-state index in [0.29, 0.717) is 11.4 Å². The van der Waals surface area contributed by atoms with Crippen molar-refractivity contribution in [3.8, 4) is 0 Å². The highest BCUT2D eigenvalue weighted by Gasteiger charge is 2.40. The summed E-state index contributed by atoms with van der Waals surface area (Å²) in [5.74, 6) is -1.94. The molecule has 4 rings (SSSR count). The number of H-pyrrole nitrogens is 1. The first kappa shape index (κ1) is 15.1. The Morgan fingerprint density at radius 3 is 2.44 bits per heavy atom. The molecular weight excluding hydrogens is 325 g/mol. The van der Waals surface area contributed by atoms with Gasteiger partial charge in [-0.3, -0.25) is 14.4 Å². The van der Waals surface area contributed by atoms with Gasteiger partial charge >= 0.3 is 0 Å². The van der Waals surface area contributed by atoms with Crippen molar-refractivity contribution in [1.82, 2.24) is 4.98 Å². The number of carbonyl (C=O) groups excluding carboxylic acids is 2. The number of hydrogen-bond donors (Lipinski definition) is 2. The lowest BCUT2D eigenvalue weighted by atomic mass is 10.1. The van der Waals surface area contributed by atoms with Crippen LogP contribution in [0.4, 0.5) is 15.8 Å². The quantitative estimate of drug-likeness (QED) is 0.704. The second-order valence-corrected chi connectivity index (χ2v) is 5.61. The molecule has 124 valence electrons. The van der Waals surface area contributed by atoms with Crippen LogP contribution in [0.2, 0.25) is 0 Å². The van der Waals surface area contributed by atoms with E-state index in [-0.39, 0.29) is 22.2 Å². The van der Waals surface area contributed by atoms with Gasteiger partial charge in [-0.1, -0.05) is 18.2 Å². The summed E-state index contributed by atoms with van der Waals surface area (Å²) in [7, 11) is 1.57. The third kappa shape index (κ3) is 2.06. The minimum atomic E-state index is -0.718. The number of nitrogens with zero attached hydrogens (tertiary/aromatic N) is 1. The van der Waals surface area contributed by atoms with Crippen molar-refractivity contribution in [1.29, 1.82) is 0 Å². The number of imide groups is 1. The van der Waals surface area contributed by atoms with Crippen LogP contribution in [0.1, 0.15) is 20.8 Å². The van der Waals surface area contributed by atoms with Crippen molar-refractivity contribution >= 4 is 34.1 Å². The van der Waals surface area contributed by atoms with Gasteiger partial charge in [-0.2, -0.15) is 0 Å². The first-order valence-corrected chi connectivity index (χ1v) is 7.54. The summed E-state index contributed by atoms with van der Waals surface area (Å²) in [5.41, 5.74) is -0.0532. The monoisotopic (exact) mass is 337 g/mol. The predicted octanol–water partition coefficient (Wildman–Crippen LogP) is 2.51. The van der Waals surface area contributed by atoms with Gasteiger partial charge < -0.3 is 10.3 Å². The standard InChI is InChI=1S/C18H12FN3O3/c1-20-12-8-9(19)7-11-14(12)21-15-13(16(11)23)17(24)22(18(15)25)10-5-3-2-4-6-10/h2-8,20H,1H3,(H,21,23). The van der Waals surface area contributed by atoms with E-state index in [1.807, 2.05) is 0 Å². The number of benzene rings is 2. The number of hydrogen-bond acceptors (Lipinski definition) is 4. The zero-order chi connectivity index (χ0) is 17.7. The number of halogens is 1. The SMILES string of the molecule is CNc1cc(F)cc2c(=O)c3c([nH]c12)C(=O)N(c1ccccc1)C3=O. The number of rotatable bonds is 2. The first-order valence-electron chi connectivity index (χ1n) is 7.54. The Kier molecular flexibility index (Phi) is 3.18. The lowest BCUT2D eigenvalue weighted by molar-refractivity contribution is 0.0924. The molecule has 0 radical (unpaired) electrons. The molecule has 2 amide bonds. The van der Waals surface area contributed by atoms with Gasteiger partial charge in [0, 0.05) is 7.05 Å². The fourth-order valence-corrected chi connectivity index (χ4v) is 3.05. The summed E-state index contributed by atoms with van der Waals surface area (Å²) in [6, 6.07) is 10.6. The largest absolute Gasteiger partial charge is 0.386 e. The minimum absolute atomic E-state index is 0.0131. The molecule has 7 heteroatoms. The van der Waals surface area contributed by atoms with E-state index in [2.05, 4.69) is 10.3 Å². The van der Waals surface area contributed by atoms with Gasteiger partial charge in [0.05, 0.1) is 22.3 Å². The Bertz CT molecular complexity index is 1110. The third-order valence-corrected chi connectivity index (χ3v) is 4.19. The van der Waals surface area contributed by atoms with Gasteiger partial charge in [0.25, 0.3) is 11.8 Å². The Balaban J connectivity index is 2.02. The molecular formula is C18H12FN3O3. The predicted molar refractivity (Wildman–Crippen MR) is 91.7 cm³/mol. The molecule has 1 aliphatic rings. The molecule has 0 saturated heterocycles. The van der Waals surface area contributed by atoms with Crippen molar-refractivity contribution < 1.29 is 14.0 Å². The lowest BCUT2D eigenvalue weighted by Gasteiger charge is -2.12. The normalized spacial score (nSPS) is 13.4. The number of pyridine rings is 1. The number of amides is 2. The zero-order valence-electron chi connectivity index (χ0n) is 13.1. The number of para-hydroxylation sites is 1. The highest BCUT2D eigenvalue weighted by Crippen LogP contribution is 2.29. The van der Waals surface area contributed by atoms with Crippen LogP contribution < -0.4 is 15.6 Å². The number of nitrogens with one attached hydrogen (secondary N) is 2. The molecule has 1 aromatic heterocycles. The maximum atomic E-state index is 13.8. The van der Waals surface area contributed by atoms with Gasteiger partial charge in [-0.25, -0.2) is 9.29 Å². The van der Waals surface area contributed by atoms with Gasteiger partial charge in [0.15, 0.2) is 0 Å². The van der Waals surface area contributed by atoms with E-state index in [4.69, 9.17) is 0 Å². The Hall–Kier alpha value is -3.48. The van der Waals surface area contributed by atoms with E-state index in [9.17, 15) is 18.8 Å². The van der Waals surface area contributed by atoms with Crippen LogP contribution in [0.15, 0.2) is 47.3 Å². The topological polar surface area (TPSA) is 82.3 Å². The molecule has 25 heavy (non-hydrogen) atoms. The molecule has 0 bridgehead atoms. The van der Waals surface area contributed by atoms with Crippen LogP contribution >= 0.6 is 0 Å². The van der Waals surface area contributed by atoms with Crippen LogP contribution in [0.25, 0.3) is 10.9 Å². The van der Waals surface area contributed by atoms with E-state index < -0.39 is 23.1 Å². The minimum Gasteiger partial charge on any atom is -0.386 e. The number of aromatic amines is 1. The molecule has 2 N–H and O–H groups in total.